The number of aliphatic hydroxyl groups is 1. The van der Waals surface area contributed by atoms with E-state index in [9.17, 15) is 5.11 Å². The maximum atomic E-state index is 9.23. The van der Waals surface area contributed by atoms with Crippen LogP contribution in [0.15, 0.2) is 24.3 Å². The molecule has 1 aromatic carbocycles. The standard InChI is InChI=1S/C19H27NO2/c1-13(21)12-20-22-18-4-2-17(3-5-18)19-9-14-6-15(10-19)8-16(7-14)11-19/h2-5,13-16,20-21H,6-12H2,1H3. The van der Waals surface area contributed by atoms with Crippen molar-refractivity contribution in [2.75, 3.05) is 6.54 Å². The minimum atomic E-state index is -0.397. The third-order valence-corrected chi connectivity index (χ3v) is 6.07. The van der Waals surface area contributed by atoms with E-state index in [0.717, 1.165) is 23.5 Å². The summed E-state index contributed by atoms with van der Waals surface area (Å²) in [6.45, 7) is 2.18. The lowest BCUT2D eigenvalue weighted by molar-refractivity contribution is -0.00522. The van der Waals surface area contributed by atoms with E-state index in [0.29, 0.717) is 12.0 Å². The third-order valence-electron chi connectivity index (χ3n) is 6.07. The van der Waals surface area contributed by atoms with E-state index >= 15 is 0 Å². The predicted molar refractivity (Wildman–Crippen MR) is 86.6 cm³/mol. The molecule has 0 aliphatic heterocycles. The SMILES string of the molecule is CC(O)CNOc1ccc(C23CC4CC(CC(C4)C2)C3)cc1. The van der Waals surface area contributed by atoms with Crippen LogP contribution in [0.5, 0.6) is 5.75 Å². The summed E-state index contributed by atoms with van der Waals surface area (Å²) < 4.78 is 0. The quantitative estimate of drug-likeness (QED) is 0.819. The van der Waals surface area contributed by atoms with Gasteiger partial charge < -0.3 is 9.94 Å². The second-order valence-electron chi connectivity index (χ2n) is 8.02. The lowest BCUT2D eigenvalue weighted by atomic mass is 9.48. The van der Waals surface area contributed by atoms with Crippen LogP contribution in [0.3, 0.4) is 0 Å². The van der Waals surface area contributed by atoms with Gasteiger partial charge in [0.25, 0.3) is 0 Å². The summed E-state index contributed by atoms with van der Waals surface area (Å²) in [7, 11) is 0. The molecule has 4 aliphatic rings. The average Bonchev–Trinajstić information content (AvgIpc) is 2.46. The van der Waals surface area contributed by atoms with Crippen LogP contribution in [0.4, 0.5) is 0 Å². The molecule has 0 saturated heterocycles. The van der Waals surface area contributed by atoms with Crippen LogP contribution in [0.25, 0.3) is 0 Å². The minimum absolute atomic E-state index is 0.397. The van der Waals surface area contributed by atoms with Crippen molar-refractivity contribution >= 4 is 0 Å². The molecule has 4 saturated carbocycles. The number of hydrogen-bond donors (Lipinski definition) is 2. The van der Waals surface area contributed by atoms with Crippen LogP contribution in [-0.2, 0) is 5.41 Å². The Morgan fingerprint density at radius 2 is 1.64 bits per heavy atom. The Bertz CT molecular complexity index is 487. The molecular weight excluding hydrogens is 274 g/mol. The molecule has 4 aliphatic carbocycles. The van der Waals surface area contributed by atoms with Gasteiger partial charge in [-0.25, -0.2) is 0 Å². The molecule has 3 heteroatoms. The van der Waals surface area contributed by atoms with Gasteiger partial charge in [0.2, 0.25) is 0 Å². The topological polar surface area (TPSA) is 41.5 Å². The normalized spacial score (nSPS) is 37.3. The van der Waals surface area contributed by atoms with E-state index in [1.165, 1.54) is 44.1 Å². The van der Waals surface area contributed by atoms with Crippen LogP contribution in [-0.4, -0.2) is 17.8 Å². The molecule has 22 heavy (non-hydrogen) atoms. The van der Waals surface area contributed by atoms with Crippen LogP contribution < -0.4 is 10.3 Å². The Labute approximate surface area is 133 Å². The van der Waals surface area contributed by atoms with E-state index in [4.69, 9.17) is 4.84 Å². The van der Waals surface area contributed by atoms with E-state index in [1.807, 2.05) is 0 Å². The molecule has 5 rings (SSSR count). The van der Waals surface area contributed by atoms with Crippen molar-refractivity contribution in [1.29, 1.82) is 0 Å². The summed E-state index contributed by atoms with van der Waals surface area (Å²) in [5.74, 6) is 3.77. The van der Waals surface area contributed by atoms with Crippen molar-refractivity contribution in [2.45, 2.75) is 57.0 Å². The summed E-state index contributed by atoms with van der Waals surface area (Å²) in [5.41, 5.74) is 4.79. The van der Waals surface area contributed by atoms with Gasteiger partial charge in [-0.1, -0.05) is 12.1 Å². The highest BCUT2D eigenvalue weighted by Crippen LogP contribution is 2.60. The van der Waals surface area contributed by atoms with Gasteiger partial charge in [0, 0.05) is 0 Å². The maximum absolute atomic E-state index is 9.23. The van der Waals surface area contributed by atoms with Crippen molar-refractivity contribution < 1.29 is 9.94 Å². The van der Waals surface area contributed by atoms with Crippen LogP contribution in [0, 0.1) is 17.8 Å². The fraction of sp³-hybridized carbons (Fsp3) is 0.684. The highest BCUT2D eigenvalue weighted by atomic mass is 16.6. The van der Waals surface area contributed by atoms with Crippen LogP contribution in [0.1, 0.15) is 51.0 Å². The number of rotatable bonds is 5. The molecular formula is C19H27NO2. The first-order chi connectivity index (χ1) is 10.6. The monoisotopic (exact) mass is 301 g/mol. The van der Waals surface area contributed by atoms with Crippen molar-refractivity contribution in [3.8, 4) is 5.75 Å². The fourth-order valence-corrected chi connectivity index (χ4v) is 5.59. The lowest BCUT2D eigenvalue weighted by Gasteiger charge is -2.57. The molecule has 1 unspecified atom stereocenters. The molecule has 2 N–H and O–H groups in total. The highest BCUT2D eigenvalue weighted by molar-refractivity contribution is 5.34. The lowest BCUT2D eigenvalue weighted by Crippen LogP contribution is -2.48. The number of hydrogen-bond acceptors (Lipinski definition) is 3. The summed E-state index contributed by atoms with van der Waals surface area (Å²) in [6.07, 6.45) is 8.28. The van der Waals surface area contributed by atoms with E-state index < -0.39 is 6.10 Å². The van der Waals surface area contributed by atoms with Crippen molar-refractivity contribution in [3.05, 3.63) is 29.8 Å². The van der Waals surface area contributed by atoms with Crippen molar-refractivity contribution in [3.63, 3.8) is 0 Å². The highest BCUT2D eigenvalue weighted by Gasteiger charge is 2.51. The Hall–Kier alpha value is -1.06. The average molecular weight is 301 g/mol. The first-order valence-corrected chi connectivity index (χ1v) is 8.81. The molecule has 4 fully saturated rings. The van der Waals surface area contributed by atoms with Gasteiger partial charge in [-0.2, -0.15) is 5.48 Å². The van der Waals surface area contributed by atoms with Gasteiger partial charge in [-0.15, -0.1) is 0 Å². The van der Waals surface area contributed by atoms with Crippen LogP contribution in [0.2, 0.25) is 0 Å². The van der Waals surface area contributed by atoms with Crippen molar-refractivity contribution in [1.82, 2.24) is 5.48 Å². The smallest absolute Gasteiger partial charge is 0.147 e. The van der Waals surface area contributed by atoms with E-state index in [2.05, 4.69) is 29.7 Å². The van der Waals surface area contributed by atoms with Crippen LogP contribution >= 0.6 is 0 Å². The molecule has 1 atom stereocenters. The zero-order chi connectivity index (χ0) is 15.2. The molecule has 3 nitrogen and oxygen atoms in total. The fourth-order valence-electron chi connectivity index (χ4n) is 5.59. The number of benzene rings is 1. The van der Waals surface area contributed by atoms with Gasteiger partial charge in [-0.3, -0.25) is 0 Å². The minimum Gasteiger partial charge on any atom is -0.409 e. The number of aliphatic hydroxyl groups excluding tert-OH is 1. The first-order valence-electron chi connectivity index (χ1n) is 8.81. The van der Waals surface area contributed by atoms with Gasteiger partial charge in [0.15, 0.2) is 0 Å². The Morgan fingerprint density at radius 3 is 2.14 bits per heavy atom. The van der Waals surface area contributed by atoms with Gasteiger partial charge in [0.1, 0.15) is 5.75 Å². The second-order valence-corrected chi connectivity index (χ2v) is 8.02. The molecule has 0 heterocycles. The Balaban J connectivity index is 1.47. The largest absolute Gasteiger partial charge is 0.409 e. The molecule has 1 aromatic rings. The van der Waals surface area contributed by atoms with E-state index in [-0.39, 0.29) is 0 Å². The molecule has 0 aromatic heterocycles. The predicted octanol–water partition coefficient (Wildman–Crippen LogP) is 3.42. The van der Waals surface area contributed by atoms with Crippen molar-refractivity contribution in [2.24, 2.45) is 17.8 Å². The maximum Gasteiger partial charge on any atom is 0.147 e. The van der Waals surface area contributed by atoms with E-state index in [1.54, 1.807) is 6.92 Å². The molecule has 4 bridgehead atoms. The van der Waals surface area contributed by atoms with Gasteiger partial charge >= 0.3 is 0 Å². The van der Waals surface area contributed by atoms with Gasteiger partial charge in [0.05, 0.1) is 12.6 Å². The number of hydroxylamine groups is 1. The summed E-state index contributed by atoms with van der Waals surface area (Å²) in [5, 5.41) is 9.23. The summed E-state index contributed by atoms with van der Waals surface area (Å²) in [4.78, 5) is 5.48. The zero-order valence-electron chi connectivity index (χ0n) is 13.4. The second kappa shape index (κ2) is 5.54. The summed E-state index contributed by atoms with van der Waals surface area (Å²) in [6, 6.07) is 8.69. The summed E-state index contributed by atoms with van der Waals surface area (Å²) >= 11 is 0. The van der Waals surface area contributed by atoms with Gasteiger partial charge in [-0.05, 0) is 86.3 Å². The molecule has 0 amide bonds. The first kappa shape index (κ1) is 14.5. The number of nitrogens with one attached hydrogen (secondary N) is 1. The molecule has 120 valence electrons. The zero-order valence-corrected chi connectivity index (χ0v) is 13.4. The Kier molecular flexibility index (Phi) is 3.66. The molecule has 0 spiro atoms. The third kappa shape index (κ3) is 2.65. The molecule has 0 radical (unpaired) electrons. The Morgan fingerprint density at radius 1 is 1.09 bits per heavy atom.